The van der Waals surface area contributed by atoms with Crippen molar-refractivity contribution in [3.8, 4) is 6.07 Å². The van der Waals surface area contributed by atoms with Crippen LogP contribution in [0.15, 0.2) is 45.6 Å². The first-order chi connectivity index (χ1) is 10.1. The Hall–Kier alpha value is -3.07. The summed E-state index contributed by atoms with van der Waals surface area (Å²) >= 11 is 0. The average Bonchev–Trinajstić information content (AvgIpc) is 2.73. The summed E-state index contributed by atoms with van der Waals surface area (Å²) in [6, 6.07) is 10.7. The van der Waals surface area contributed by atoms with E-state index in [-0.39, 0.29) is 12.1 Å². The van der Waals surface area contributed by atoms with Crippen LogP contribution in [0.1, 0.15) is 11.1 Å². The van der Waals surface area contributed by atoms with Gasteiger partial charge in [0.1, 0.15) is 5.82 Å². The van der Waals surface area contributed by atoms with Gasteiger partial charge in [-0.15, -0.1) is 0 Å². The minimum Gasteiger partial charge on any atom is -0.408 e. The molecule has 0 unspecified atom stereocenters. The van der Waals surface area contributed by atoms with Gasteiger partial charge < -0.3 is 10.2 Å². The maximum absolute atomic E-state index is 13.4. The maximum Gasteiger partial charge on any atom is 0.420 e. The van der Waals surface area contributed by atoms with Crippen molar-refractivity contribution in [2.75, 3.05) is 5.73 Å². The monoisotopic (exact) mass is 283 g/mol. The third-order valence-corrected chi connectivity index (χ3v) is 3.12. The van der Waals surface area contributed by atoms with E-state index in [1.807, 2.05) is 6.07 Å². The largest absolute Gasteiger partial charge is 0.420 e. The highest BCUT2D eigenvalue weighted by Crippen LogP contribution is 2.18. The Morgan fingerprint density at radius 1 is 1.29 bits per heavy atom. The van der Waals surface area contributed by atoms with Gasteiger partial charge in [0.25, 0.3) is 0 Å². The Bertz CT molecular complexity index is 934. The predicted octanol–water partition coefficient (Wildman–Crippen LogP) is 2.24. The lowest BCUT2D eigenvalue weighted by molar-refractivity contribution is 0.517. The van der Waals surface area contributed by atoms with E-state index < -0.39 is 11.6 Å². The quantitative estimate of drug-likeness (QED) is 0.731. The second-order valence-corrected chi connectivity index (χ2v) is 4.64. The Balaban J connectivity index is 2.10. The summed E-state index contributed by atoms with van der Waals surface area (Å²) in [5.74, 6) is -1.08. The molecule has 5 nitrogen and oxygen atoms in total. The van der Waals surface area contributed by atoms with Crippen molar-refractivity contribution in [2.45, 2.75) is 6.54 Å². The van der Waals surface area contributed by atoms with Gasteiger partial charge in [-0.2, -0.15) is 5.26 Å². The average molecular weight is 283 g/mol. The van der Waals surface area contributed by atoms with Crippen molar-refractivity contribution in [2.24, 2.45) is 0 Å². The first kappa shape index (κ1) is 12.9. The van der Waals surface area contributed by atoms with Crippen LogP contribution in [0.2, 0.25) is 0 Å². The molecule has 0 atom stereocenters. The first-order valence-corrected chi connectivity index (χ1v) is 6.15. The molecule has 3 rings (SSSR count). The molecule has 3 aromatic rings. The highest BCUT2D eigenvalue weighted by Gasteiger charge is 2.11. The Kier molecular flexibility index (Phi) is 2.95. The summed E-state index contributed by atoms with van der Waals surface area (Å²) in [6.45, 7) is 0.113. The molecule has 1 aromatic heterocycles. The Morgan fingerprint density at radius 3 is 2.86 bits per heavy atom. The first-order valence-electron chi connectivity index (χ1n) is 6.15. The number of anilines is 1. The molecule has 2 N–H and O–H groups in total. The molecule has 0 aliphatic rings. The highest BCUT2D eigenvalue weighted by atomic mass is 19.1. The second-order valence-electron chi connectivity index (χ2n) is 4.64. The van der Waals surface area contributed by atoms with Gasteiger partial charge in [-0.05, 0) is 35.9 Å². The molecule has 0 spiro atoms. The van der Waals surface area contributed by atoms with Crippen molar-refractivity contribution in [3.63, 3.8) is 0 Å². The van der Waals surface area contributed by atoms with Gasteiger partial charge >= 0.3 is 5.76 Å². The minimum absolute atomic E-state index is 0.113. The molecule has 0 bridgehead atoms. The van der Waals surface area contributed by atoms with E-state index in [1.54, 1.807) is 18.2 Å². The Morgan fingerprint density at radius 2 is 2.10 bits per heavy atom. The summed E-state index contributed by atoms with van der Waals surface area (Å²) in [6.07, 6.45) is 0. The number of nitrogens with zero attached hydrogens (tertiary/aromatic N) is 2. The van der Waals surface area contributed by atoms with Crippen LogP contribution in [0, 0.1) is 17.1 Å². The molecular formula is C15H10FN3O2. The van der Waals surface area contributed by atoms with E-state index in [0.717, 1.165) is 6.07 Å². The number of nitrogen functional groups attached to an aromatic ring is 1. The molecule has 21 heavy (non-hydrogen) atoms. The van der Waals surface area contributed by atoms with Crippen LogP contribution in [-0.2, 0) is 6.54 Å². The number of nitrogens with two attached hydrogens (primary N) is 1. The molecule has 6 heteroatoms. The lowest BCUT2D eigenvalue weighted by atomic mass is 10.1. The van der Waals surface area contributed by atoms with Crippen molar-refractivity contribution in [3.05, 3.63) is 63.9 Å². The van der Waals surface area contributed by atoms with Gasteiger partial charge in [-0.25, -0.2) is 9.18 Å². The summed E-state index contributed by atoms with van der Waals surface area (Å²) < 4.78 is 19.9. The van der Waals surface area contributed by atoms with Gasteiger partial charge in [-0.3, -0.25) is 4.57 Å². The summed E-state index contributed by atoms with van der Waals surface area (Å²) in [5.41, 5.74) is 7.77. The minimum atomic E-state index is -0.557. The maximum atomic E-state index is 13.4. The summed E-state index contributed by atoms with van der Waals surface area (Å²) in [5, 5.41) is 8.85. The predicted molar refractivity (Wildman–Crippen MR) is 75.1 cm³/mol. The van der Waals surface area contributed by atoms with Crippen LogP contribution in [-0.4, -0.2) is 4.57 Å². The molecule has 0 aliphatic heterocycles. The number of hydrogen-bond acceptors (Lipinski definition) is 4. The van der Waals surface area contributed by atoms with E-state index in [9.17, 15) is 9.18 Å². The number of aromatic nitrogens is 1. The number of oxazole rings is 1. The van der Waals surface area contributed by atoms with Crippen molar-refractivity contribution < 1.29 is 8.81 Å². The molecule has 0 fully saturated rings. The molecule has 0 aliphatic carbocycles. The number of halogens is 1. The third-order valence-electron chi connectivity index (χ3n) is 3.12. The van der Waals surface area contributed by atoms with Crippen molar-refractivity contribution >= 4 is 16.8 Å². The van der Waals surface area contributed by atoms with Crippen LogP contribution in [0.5, 0.6) is 0 Å². The number of rotatable bonds is 2. The summed E-state index contributed by atoms with van der Waals surface area (Å²) in [7, 11) is 0. The van der Waals surface area contributed by atoms with Crippen molar-refractivity contribution in [1.82, 2.24) is 4.57 Å². The van der Waals surface area contributed by atoms with Crippen LogP contribution >= 0.6 is 0 Å². The van der Waals surface area contributed by atoms with Gasteiger partial charge in [0.15, 0.2) is 5.58 Å². The third kappa shape index (κ3) is 2.37. The van der Waals surface area contributed by atoms with Crippen LogP contribution in [0.4, 0.5) is 10.1 Å². The van der Waals surface area contributed by atoms with Gasteiger partial charge in [0.05, 0.1) is 23.7 Å². The van der Waals surface area contributed by atoms with Crippen LogP contribution in [0.25, 0.3) is 11.1 Å². The fourth-order valence-corrected chi connectivity index (χ4v) is 2.22. The molecule has 2 aromatic carbocycles. The SMILES string of the molecule is N#Cc1cc(F)cc(Cn2c(=O)oc3cc(N)ccc32)c1. The van der Waals surface area contributed by atoms with Crippen LogP contribution < -0.4 is 11.5 Å². The molecule has 0 radical (unpaired) electrons. The lowest BCUT2D eigenvalue weighted by Crippen LogP contribution is -2.15. The fourth-order valence-electron chi connectivity index (χ4n) is 2.22. The van der Waals surface area contributed by atoms with Crippen molar-refractivity contribution in [1.29, 1.82) is 5.26 Å². The molecular weight excluding hydrogens is 273 g/mol. The zero-order valence-electron chi connectivity index (χ0n) is 10.8. The van der Waals surface area contributed by atoms with Gasteiger partial charge in [0.2, 0.25) is 0 Å². The molecule has 0 saturated carbocycles. The smallest absolute Gasteiger partial charge is 0.408 e. The van der Waals surface area contributed by atoms with Gasteiger partial charge in [0, 0.05) is 11.8 Å². The van der Waals surface area contributed by atoms with Crippen LogP contribution in [0.3, 0.4) is 0 Å². The topological polar surface area (TPSA) is 85.0 Å². The molecule has 1 heterocycles. The molecule has 0 amide bonds. The van der Waals surface area contributed by atoms with E-state index in [2.05, 4.69) is 0 Å². The standard InChI is InChI=1S/C15H10FN3O2/c16-11-4-9(7-17)3-10(5-11)8-19-13-2-1-12(18)6-14(13)21-15(19)20/h1-6H,8,18H2. The van der Waals surface area contributed by atoms with Gasteiger partial charge in [-0.1, -0.05) is 0 Å². The van der Waals surface area contributed by atoms with E-state index in [1.165, 1.54) is 16.7 Å². The number of fused-ring (bicyclic) bond motifs is 1. The number of nitriles is 1. The fraction of sp³-hybridized carbons (Fsp3) is 0.0667. The molecule has 104 valence electrons. The lowest BCUT2D eigenvalue weighted by Gasteiger charge is -2.04. The number of benzene rings is 2. The molecule has 0 saturated heterocycles. The Labute approximate surface area is 118 Å². The van der Waals surface area contributed by atoms with E-state index >= 15 is 0 Å². The second kappa shape index (κ2) is 4.80. The van der Waals surface area contributed by atoms with E-state index in [0.29, 0.717) is 22.4 Å². The van der Waals surface area contributed by atoms with E-state index in [4.69, 9.17) is 15.4 Å². The zero-order valence-corrected chi connectivity index (χ0v) is 10.8. The summed E-state index contributed by atoms with van der Waals surface area (Å²) in [4.78, 5) is 11.9. The highest BCUT2D eigenvalue weighted by molar-refractivity contribution is 5.76. The normalized spacial score (nSPS) is 10.7. The number of hydrogen-bond donors (Lipinski definition) is 1. The zero-order chi connectivity index (χ0) is 15.0.